The van der Waals surface area contributed by atoms with Crippen molar-refractivity contribution in [3.05, 3.63) is 30.3 Å². The SMILES string of the molecule is CCOP(=O)(CS(=O)Sc1ccccc1)OCC. The zero-order valence-electron chi connectivity index (χ0n) is 10.4. The second-order valence-corrected chi connectivity index (χ2v) is 8.91. The summed E-state index contributed by atoms with van der Waals surface area (Å²) in [5.41, 5.74) is -0.0890. The summed E-state index contributed by atoms with van der Waals surface area (Å²) in [6, 6.07) is 9.33. The van der Waals surface area contributed by atoms with Crippen LogP contribution in [0.15, 0.2) is 35.2 Å². The van der Waals surface area contributed by atoms with Crippen LogP contribution in [0, 0.1) is 0 Å². The van der Waals surface area contributed by atoms with Crippen LogP contribution in [0.5, 0.6) is 0 Å². The molecule has 0 saturated heterocycles. The van der Waals surface area contributed by atoms with Crippen LogP contribution in [0.2, 0.25) is 0 Å². The number of benzene rings is 1. The van der Waals surface area contributed by atoms with E-state index < -0.39 is 17.4 Å². The first-order valence-electron chi connectivity index (χ1n) is 5.59. The monoisotopic (exact) mass is 308 g/mol. The smallest absolute Gasteiger partial charge is 0.308 e. The summed E-state index contributed by atoms with van der Waals surface area (Å²) in [7, 11) is -3.41. The Kier molecular flexibility index (Phi) is 7.19. The Morgan fingerprint density at radius 1 is 1.17 bits per heavy atom. The Labute approximate surface area is 114 Å². The van der Waals surface area contributed by atoms with Crippen molar-refractivity contribution in [3.8, 4) is 0 Å². The van der Waals surface area contributed by atoms with Gasteiger partial charge in [0.2, 0.25) is 0 Å². The Balaban J connectivity index is 2.59. The zero-order valence-corrected chi connectivity index (χ0v) is 12.9. The van der Waals surface area contributed by atoms with E-state index in [0.29, 0.717) is 0 Å². The molecule has 7 heteroatoms. The minimum absolute atomic E-state index is 0.0890. The molecule has 1 atom stereocenters. The van der Waals surface area contributed by atoms with Crippen LogP contribution in [0.4, 0.5) is 0 Å². The van der Waals surface area contributed by atoms with Crippen molar-refractivity contribution >= 4 is 28.2 Å². The molecule has 0 fully saturated rings. The molecule has 0 spiro atoms. The average molecular weight is 308 g/mol. The van der Waals surface area contributed by atoms with E-state index in [0.717, 1.165) is 15.7 Å². The molecule has 1 rings (SSSR count). The van der Waals surface area contributed by atoms with E-state index in [1.54, 1.807) is 13.8 Å². The first-order valence-corrected chi connectivity index (χ1v) is 9.97. The third kappa shape index (κ3) is 5.67. The summed E-state index contributed by atoms with van der Waals surface area (Å²) in [5.74, 6) is 0. The van der Waals surface area contributed by atoms with Gasteiger partial charge in [0.25, 0.3) is 0 Å². The second kappa shape index (κ2) is 8.12. The molecule has 0 N–H and O–H groups in total. The Bertz CT molecular complexity index is 414. The highest BCUT2D eigenvalue weighted by Gasteiger charge is 2.27. The van der Waals surface area contributed by atoms with Crippen LogP contribution in [-0.2, 0) is 23.4 Å². The molecule has 0 bridgehead atoms. The summed E-state index contributed by atoms with van der Waals surface area (Å²) in [4.78, 5) is 0.871. The number of hydrogen-bond donors (Lipinski definition) is 0. The largest absolute Gasteiger partial charge is 0.343 e. The van der Waals surface area contributed by atoms with E-state index in [9.17, 15) is 8.77 Å². The first kappa shape index (κ1) is 15.9. The normalized spacial score (nSPS) is 13.4. The quantitative estimate of drug-likeness (QED) is 0.542. The molecule has 1 unspecified atom stereocenters. The Morgan fingerprint density at radius 2 is 1.72 bits per heavy atom. The van der Waals surface area contributed by atoms with Crippen LogP contribution >= 0.6 is 18.4 Å². The van der Waals surface area contributed by atoms with Crippen molar-refractivity contribution in [3.63, 3.8) is 0 Å². The highest BCUT2D eigenvalue weighted by atomic mass is 33.1. The van der Waals surface area contributed by atoms with Gasteiger partial charge in [0.15, 0.2) is 0 Å². The summed E-state index contributed by atoms with van der Waals surface area (Å²) in [6.07, 6.45) is 0. The lowest BCUT2D eigenvalue weighted by Gasteiger charge is -2.15. The van der Waals surface area contributed by atoms with Gasteiger partial charge in [0, 0.05) is 4.90 Å². The number of rotatable bonds is 8. The molecule has 4 nitrogen and oxygen atoms in total. The highest BCUT2D eigenvalue weighted by Crippen LogP contribution is 2.50. The lowest BCUT2D eigenvalue weighted by atomic mass is 10.4. The van der Waals surface area contributed by atoms with Gasteiger partial charge in [-0.2, -0.15) is 0 Å². The fraction of sp³-hybridized carbons (Fsp3) is 0.455. The fourth-order valence-corrected chi connectivity index (χ4v) is 7.04. The van der Waals surface area contributed by atoms with Crippen molar-refractivity contribution in [2.45, 2.75) is 18.7 Å². The molecule has 0 aliphatic carbocycles. The molecule has 18 heavy (non-hydrogen) atoms. The van der Waals surface area contributed by atoms with E-state index in [2.05, 4.69) is 0 Å². The molecule has 0 radical (unpaired) electrons. The Morgan fingerprint density at radius 3 is 2.22 bits per heavy atom. The molecule has 0 heterocycles. The maximum atomic E-state index is 12.2. The fourth-order valence-electron chi connectivity index (χ4n) is 1.24. The first-order chi connectivity index (χ1) is 8.59. The summed E-state index contributed by atoms with van der Waals surface area (Å²) in [5, 5.41) is 0. The van der Waals surface area contributed by atoms with Gasteiger partial charge in [-0.3, -0.25) is 4.57 Å². The summed E-state index contributed by atoms with van der Waals surface area (Å²) in [6.45, 7) is 4.03. The van der Waals surface area contributed by atoms with Gasteiger partial charge in [0.1, 0.15) is 5.49 Å². The molecular formula is C11H17O4PS2. The minimum Gasteiger partial charge on any atom is -0.308 e. The third-order valence-electron chi connectivity index (χ3n) is 1.85. The number of hydrogen-bond acceptors (Lipinski definition) is 5. The molecule has 0 saturated carbocycles. The van der Waals surface area contributed by atoms with Crippen LogP contribution < -0.4 is 0 Å². The predicted octanol–water partition coefficient (Wildman–Crippen LogP) is 3.67. The molecule has 1 aromatic rings. The molecule has 1 aromatic carbocycles. The van der Waals surface area contributed by atoms with Crippen LogP contribution in [0.1, 0.15) is 13.8 Å². The minimum atomic E-state index is -3.23. The summed E-state index contributed by atoms with van der Waals surface area (Å²) < 4.78 is 34.3. The van der Waals surface area contributed by atoms with Gasteiger partial charge in [-0.05, 0) is 36.8 Å². The maximum absolute atomic E-state index is 12.2. The Hall–Kier alpha value is -0.130. The van der Waals surface area contributed by atoms with Crippen molar-refractivity contribution in [1.29, 1.82) is 0 Å². The van der Waals surface area contributed by atoms with Crippen LogP contribution in [0.25, 0.3) is 0 Å². The van der Waals surface area contributed by atoms with Gasteiger partial charge >= 0.3 is 7.60 Å². The zero-order chi connectivity index (χ0) is 13.4. The van der Waals surface area contributed by atoms with E-state index in [4.69, 9.17) is 9.05 Å². The highest BCUT2D eigenvalue weighted by molar-refractivity contribution is 8.70. The van der Waals surface area contributed by atoms with Crippen molar-refractivity contribution in [2.75, 3.05) is 18.7 Å². The van der Waals surface area contributed by atoms with E-state index in [-0.39, 0.29) is 18.7 Å². The van der Waals surface area contributed by atoms with Crippen LogP contribution in [-0.4, -0.2) is 22.9 Å². The predicted molar refractivity (Wildman–Crippen MR) is 76.2 cm³/mol. The van der Waals surface area contributed by atoms with E-state index in [1.807, 2.05) is 30.3 Å². The van der Waals surface area contributed by atoms with Gasteiger partial charge in [-0.15, -0.1) is 0 Å². The second-order valence-electron chi connectivity index (χ2n) is 3.28. The molecule has 102 valence electrons. The van der Waals surface area contributed by atoms with Gasteiger partial charge in [-0.25, -0.2) is 4.21 Å². The molecule has 0 amide bonds. The van der Waals surface area contributed by atoms with Gasteiger partial charge in [0.05, 0.1) is 23.0 Å². The summed E-state index contributed by atoms with van der Waals surface area (Å²) >= 11 is 0. The maximum Gasteiger partial charge on any atom is 0.343 e. The lowest BCUT2D eigenvalue weighted by Crippen LogP contribution is -2.03. The van der Waals surface area contributed by atoms with Crippen LogP contribution in [0.3, 0.4) is 0 Å². The van der Waals surface area contributed by atoms with E-state index in [1.165, 1.54) is 0 Å². The average Bonchev–Trinajstić information content (AvgIpc) is 2.30. The van der Waals surface area contributed by atoms with E-state index >= 15 is 0 Å². The molecule has 0 aliphatic rings. The topological polar surface area (TPSA) is 52.6 Å². The lowest BCUT2D eigenvalue weighted by molar-refractivity contribution is 0.224. The van der Waals surface area contributed by atoms with Gasteiger partial charge < -0.3 is 9.05 Å². The molecule has 0 aromatic heterocycles. The molecular weight excluding hydrogens is 291 g/mol. The van der Waals surface area contributed by atoms with Gasteiger partial charge in [-0.1, -0.05) is 18.2 Å². The molecule has 0 aliphatic heterocycles. The van der Waals surface area contributed by atoms with Crippen molar-refractivity contribution in [1.82, 2.24) is 0 Å². The standard InChI is InChI=1S/C11H17O4PS2/c1-3-14-16(12,15-4-2)10-18(13)17-11-8-6-5-7-9-11/h5-9H,3-4,10H2,1-2H3. The van der Waals surface area contributed by atoms with Crippen molar-refractivity contribution < 1.29 is 17.8 Å². The third-order valence-corrected chi connectivity index (χ3v) is 7.99. The van der Waals surface area contributed by atoms with Crippen molar-refractivity contribution in [2.24, 2.45) is 0 Å².